The van der Waals surface area contributed by atoms with E-state index < -0.39 is 0 Å². The lowest BCUT2D eigenvalue weighted by atomic mass is 9.99. The van der Waals surface area contributed by atoms with Gasteiger partial charge in [-0.1, -0.05) is 243 Å². The first-order valence-corrected chi connectivity index (χ1v) is 32.2. The number of nitrogens with zero attached hydrogens (tertiary/aromatic N) is 4. The standard InChI is InChI=1S/C90H62N4/c1-5-19-63(20-6-1)71-23-17-29-81(59-71)91(79-53-43-69(44-54-79)73-47-57-89-85(61-73)83-31-13-15-33-87(83)93(89)75-25-9-3-10-26-75)77-49-39-67(40-50-77)65-35-37-66(38-36-65)68-41-51-78(52-42-68)92(82-30-18-24-72(60-82)64-21-7-2-8-22-64)80-55-45-70(46-56-80)74-48-58-90-86(62-74)84-32-14-16-34-88(84)94(90)76-27-11-4-12-28-76/h1-62H. The van der Waals surface area contributed by atoms with Crippen LogP contribution in [0.25, 0.3) is 122 Å². The van der Waals surface area contributed by atoms with Crippen molar-refractivity contribution in [3.05, 3.63) is 376 Å². The van der Waals surface area contributed by atoms with Crippen LogP contribution in [-0.2, 0) is 0 Å². The number of anilines is 6. The van der Waals surface area contributed by atoms with Crippen LogP contribution in [0.4, 0.5) is 34.1 Å². The average molecular weight is 1200 g/mol. The van der Waals surface area contributed by atoms with Crippen LogP contribution in [0.3, 0.4) is 0 Å². The van der Waals surface area contributed by atoms with Crippen molar-refractivity contribution >= 4 is 77.7 Å². The maximum Gasteiger partial charge on any atom is 0.0541 e. The zero-order valence-corrected chi connectivity index (χ0v) is 51.6. The van der Waals surface area contributed by atoms with Gasteiger partial charge in [-0.25, -0.2) is 0 Å². The Labute approximate surface area is 547 Å². The van der Waals surface area contributed by atoms with E-state index in [1.807, 2.05) is 0 Å². The normalized spacial score (nSPS) is 11.4. The highest BCUT2D eigenvalue weighted by Gasteiger charge is 2.20. The number of hydrogen-bond donors (Lipinski definition) is 0. The summed E-state index contributed by atoms with van der Waals surface area (Å²) < 4.78 is 4.74. The van der Waals surface area contributed by atoms with Crippen LogP contribution in [0.1, 0.15) is 0 Å². The first kappa shape index (κ1) is 55.6. The van der Waals surface area contributed by atoms with Gasteiger partial charge in [0.2, 0.25) is 0 Å². The molecule has 15 aromatic carbocycles. The summed E-state index contributed by atoms with van der Waals surface area (Å²) in [5.41, 5.74) is 27.6. The summed E-state index contributed by atoms with van der Waals surface area (Å²) in [5, 5.41) is 4.96. The lowest BCUT2D eigenvalue weighted by Gasteiger charge is -2.26. The number of benzene rings is 15. The number of aromatic nitrogens is 2. The van der Waals surface area contributed by atoms with Gasteiger partial charge in [0.05, 0.1) is 22.1 Å². The van der Waals surface area contributed by atoms with Gasteiger partial charge in [0.1, 0.15) is 0 Å². The molecule has 0 saturated carbocycles. The van der Waals surface area contributed by atoms with Crippen molar-refractivity contribution in [1.29, 1.82) is 0 Å². The lowest BCUT2D eigenvalue weighted by Crippen LogP contribution is -2.10. The molecule has 94 heavy (non-hydrogen) atoms. The van der Waals surface area contributed by atoms with E-state index in [2.05, 4.69) is 395 Å². The minimum Gasteiger partial charge on any atom is -0.310 e. The third kappa shape index (κ3) is 10.4. The molecular weight excluding hydrogens is 1140 g/mol. The second-order valence-corrected chi connectivity index (χ2v) is 24.1. The van der Waals surface area contributed by atoms with Gasteiger partial charge in [-0.05, 0) is 200 Å². The van der Waals surface area contributed by atoms with E-state index in [0.29, 0.717) is 0 Å². The van der Waals surface area contributed by atoms with Crippen LogP contribution in [0.2, 0.25) is 0 Å². The second-order valence-electron chi connectivity index (χ2n) is 24.1. The molecule has 0 atom stereocenters. The SMILES string of the molecule is c1ccc(-c2cccc(N(c3ccc(-c4ccc(-c5ccc(N(c6ccc(-c7ccc8c(c7)c7ccccc7n8-c7ccccc7)cc6)c6cccc(-c7ccccc7)c6)cc5)cc4)cc3)c3ccc(-c4ccc5c(c4)c4ccccc4n5-c4ccccc4)cc3)c2)cc1. The molecule has 0 fully saturated rings. The van der Waals surface area contributed by atoms with E-state index in [1.54, 1.807) is 0 Å². The minimum absolute atomic E-state index is 1.08. The summed E-state index contributed by atoms with van der Waals surface area (Å²) in [6.07, 6.45) is 0. The van der Waals surface area contributed by atoms with Crippen molar-refractivity contribution in [1.82, 2.24) is 9.13 Å². The Balaban J connectivity index is 0.658. The van der Waals surface area contributed by atoms with Gasteiger partial charge in [-0.15, -0.1) is 0 Å². The quantitative estimate of drug-likeness (QED) is 0.108. The third-order valence-corrected chi connectivity index (χ3v) is 18.5. The van der Waals surface area contributed by atoms with Crippen LogP contribution in [0, 0.1) is 0 Å². The van der Waals surface area contributed by atoms with Crippen LogP contribution in [0.15, 0.2) is 376 Å². The van der Waals surface area contributed by atoms with Gasteiger partial charge in [0.25, 0.3) is 0 Å². The van der Waals surface area contributed by atoms with E-state index in [1.165, 1.54) is 88.1 Å². The Hall–Kier alpha value is -12.5. The van der Waals surface area contributed by atoms with Gasteiger partial charge >= 0.3 is 0 Å². The molecule has 0 amide bonds. The summed E-state index contributed by atoms with van der Waals surface area (Å²) in [7, 11) is 0. The van der Waals surface area contributed by atoms with E-state index in [4.69, 9.17) is 0 Å². The zero-order valence-electron chi connectivity index (χ0n) is 51.6. The van der Waals surface area contributed by atoms with Crippen LogP contribution < -0.4 is 9.80 Å². The average Bonchev–Trinajstić information content (AvgIpc) is 1.59. The van der Waals surface area contributed by atoms with Crippen molar-refractivity contribution in [3.63, 3.8) is 0 Å². The molecule has 0 spiro atoms. The van der Waals surface area contributed by atoms with E-state index in [0.717, 1.165) is 67.8 Å². The highest BCUT2D eigenvalue weighted by Crippen LogP contribution is 2.43. The van der Waals surface area contributed by atoms with Crippen LogP contribution in [0.5, 0.6) is 0 Å². The Morgan fingerprint density at radius 1 is 0.149 bits per heavy atom. The molecule has 0 aliphatic carbocycles. The highest BCUT2D eigenvalue weighted by atomic mass is 15.1. The predicted octanol–water partition coefficient (Wildman–Crippen LogP) is 24.8. The molecule has 17 aromatic rings. The Bertz CT molecular complexity index is 5190. The topological polar surface area (TPSA) is 16.3 Å². The summed E-state index contributed by atoms with van der Waals surface area (Å²) in [4.78, 5) is 4.74. The summed E-state index contributed by atoms with van der Waals surface area (Å²) in [6.45, 7) is 0. The Morgan fingerprint density at radius 3 is 0.745 bits per heavy atom. The first-order valence-electron chi connectivity index (χ1n) is 32.2. The first-order chi connectivity index (χ1) is 46.6. The fourth-order valence-corrected chi connectivity index (χ4v) is 13.9. The monoisotopic (exact) mass is 1200 g/mol. The number of hydrogen-bond acceptors (Lipinski definition) is 2. The maximum absolute atomic E-state index is 2.37. The van der Waals surface area contributed by atoms with E-state index in [9.17, 15) is 0 Å². The molecule has 17 rings (SSSR count). The summed E-state index contributed by atoms with van der Waals surface area (Å²) in [5.74, 6) is 0. The zero-order chi connectivity index (χ0) is 62.3. The minimum atomic E-state index is 1.08. The van der Waals surface area contributed by atoms with Gasteiger partial charge < -0.3 is 18.9 Å². The predicted molar refractivity (Wildman–Crippen MR) is 397 cm³/mol. The van der Waals surface area contributed by atoms with Gasteiger partial charge in [0.15, 0.2) is 0 Å². The smallest absolute Gasteiger partial charge is 0.0541 e. The maximum atomic E-state index is 2.37. The van der Waals surface area contributed by atoms with Crippen molar-refractivity contribution in [2.45, 2.75) is 0 Å². The molecule has 442 valence electrons. The largest absolute Gasteiger partial charge is 0.310 e. The molecule has 0 bridgehead atoms. The van der Waals surface area contributed by atoms with Crippen molar-refractivity contribution in [3.8, 4) is 78.1 Å². The fraction of sp³-hybridized carbons (Fsp3) is 0. The number of para-hydroxylation sites is 4. The molecule has 0 radical (unpaired) electrons. The van der Waals surface area contributed by atoms with E-state index in [-0.39, 0.29) is 0 Å². The molecule has 4 heteroatoms. The number of rotatable bonds is 14. The van der Waals surface area contributed by atoms with Crippen molar-refractivity contribution in [2.75, 3.05) is 9.80 Å². The third-order valence-electron chi connectivity index (χ3n) is 18.5. The van der Waals surface area contributed by atoms with Gasteiger partial charge in [0, 0.05) is 67.0 Å². The molecule has 0 N–H and O–H groups in total. The molecule has 0 unspecified atom stereocenters. The van der Waals surface area contributed by atoms with Crippen molar-refractivity contribution < 1.29 is 0 Å². The van der Waals surface area contributed by atoms with Gasteiger partial charge in [-0.3, -0.25) is 0 Å². The number of fused-ring (bicyclic) bond motifs is 6. The van der Waals surface area contributed by atoms with Gasteiger partial charge in [-0.2, -0.15) is 0 Å². The highest BCUT2D eigenvalue weighted by molar-refractivity contribution is 6.12. The molecule has 0 saturated heterocycles. The summed E-state index contributed by atoms with van der Waals surface area (Å²) in [6, 6.07) is 137. The lowest BCUT2D eigenvalue weighted by molar-refractivity contribution is 1.18. The van der Waals surface area contributed by atoms with Crippen molar-refractivity contribution in [2.24, 2.45) is 0 Å². The summed E-state index contributed by atoms with van der Waals surface area (Å²) >= 11 is 0. The van der Waals surface area contributed by atoms with E-state index >= 15 is 0 Å². The van der Waals surface area contributed by atoms with Crippen LogP contribution in [-0.4, -0.2) is 9.13 Å². The molecule has 4 nitrogen and oxygen atoms in total. The fourth-order valence-electron chi connectivity index (χ4n) is 13.9. The Kier molecular flexibility index (Phi) is 14.2. The van der Waals surface area contributed by atoms with Crippen LogP contribution >= 0.6 is 0 Å². The molecule has 2 aromatic heterocycles. The Morgan fingerprint density at radius 2 is 0.394 bits per heavy atom. The molecular formula is C90H62N4. The molecule has 0 aliphatic rings. The molecule has 2 heterocycles. The molecule has 0 aliphatic heterocycles. The second kappa shape index (κ2) is 24.0.